The van der Waals surface area contributed by atoms with Crippen LogP contribution in [0.1, 0.15) is 31.9 Å². The lowest BCUT2D eigenvalue weighted by Gasteiger charge is -2.23. The highest BCUT2D eigenvalue weighted by atomic mass is 32.2. The predicted molar refractivity (Wildman–Crippen MR) is 95.7 cm³/mol. The minimum atomic E-state index is -3.39. The number of sulfonamides is 1. The van der Waals surface area contributed by atoms with Crippen LogP contribution in [0.3, 0.4) is 0 Å². The van der Waals surface area contributed by atoms with Crippen LogP contribution in [0.15, 0.2) is 12.3 Å². The third kappa shape index (κ3) is 3.38. The maximum atomic E-state index is 12.6. The van der Waals surface area contributed by atoms with E-state index in [1.807, 2.05) is 27.0 Å². The second kappa shape index (κ2) is 6.72. The van der Waals surface area contributed by atoms with E-state index in [2.05, 4.69) is 15.4 Å². The van der Waals surface area contributed by atoms with E-state index in [0.717, 1.165) is 16.7 Å². The standard InChI is InChI=1S/C16H23N5O3S/c1-4-8-25(23,24)21-7-5-6-14(21)16(22)18-12-9-13-11(2)19-20(3)15(13)17-10-12/h9-10,14H,4-8H2,1-3H3,(H,18,22). The summed E-state index contributed by atoms with van der Waals surface area (Å²) >= 11 is 0. The summed E-state index contributed by atoms with van der Waals surface area (Å²) in [6, 6.07) is 1.17. The van der Waals surface area contributed by atoms with Gasteiger partial charge in [-0.15, -0.1) is 0 Å². The minimum absolute atomic E-state index is 0.0686. The van der Waals surface area contributed by atoms with Crippen molar-refractivity contribution in [3.05, 3.63) is 18.0 Å². The van der Waals surface area contributed by atoms with Gasteiger partial charge in [0.2, 0.25) is 15.9 Å². The van der Waals surface area contributed by atoms with E-state index >= 15 is 0 Å². The molecule has 8 nitrogen and oxygen atoms in total. The van der Waals surface area contributed by atoms with Gasteiger partial charge in [0.15, 0.2) is 5.65 Å². The molecule has 1 N–H and O–H groups in total. The lowest BCUT2D eigenvalue weighted by molar-refractivity contribution is -0.119. The van der Waals surface area contributed by atoms with Gasteiger partial charge in [-0.05, 0) is 32.3 Å². The molecule has 0 spiro atoms. The van der Waals surface area contributed by atoms with Crippen molar-refractivity contribution in [2.75, 3.05) is 17.6 Å². The molecular formula is C16H23N5O3S. The molecule has 0 aliphatic carbocycles. The summed E-state index contributed by atoms with van der Waals surface area (Å²) in [6.45, 7) is 4.10. The Morgan fingerprint density at radius 1 is 1.44 bits per heavy atom. The summed E-state index contributed by atoms with van der Waals surface area (Å²) in [4.78, 5) is 17.0. The molecule has 2 aromatic rings. The van der Waals surface area contributed by atoms with E-state index in [9.17, 15) is 13.2 Å². The Bertz CT molecular complexity index is 906. The Labute approximate surface area is 147 Å². The number of aryl methyl sites for hydroxylation is 2. The van der Waals surface area contributed by atoms with Crippen LogP contribution in [0.4, 0.5) is 5.69 Å². The molecule has 3 heterocycles. The molecule has 1 fully saturated rings. The number of rotatable bonds is 5. The van der Waals surface area contributed by atoms with Crippen LogP contribution in [0.25, 0.3) is 11.0 Å². The van der Waals surface area contributed by atoms with Crippen molar-refractivity contribution in [1.29, 1.82) is 0 Å². The van der Waals surface area contributed by atoms with Crippen molar-refractivity contribution >= 4 is 32.7 Å². The van der Waals surface area contributed by atoms with Gasteiger partial charge in [0.05, 0.1) is 23.3 Å². The first kappa shape index (κ1) is 17.8. The normalized spacial score (nSPS) is 18.8. The molecule has 1 aliphatic heterocycles. The van der Waals surface area contributed by atoms with Crippen LogP contribution in [0.2, 0.25) is 0 Å². The first-order valence-electron chi connectivity index (χ1n) is 8.43. The minimum Gasteiger partial charge on any atom is -0.323 e. The number of carbonyl (C=O) groups is 1. The summed E-state index contributed by atoms with van der Waals surface area (Å²) in [5.74, 6) is -0.237. The van der Waals surface area contributed by atoms with Gasteiger partial charge in [0, 0.05) is 19.0 Å². The van der Waals surface area contributed by atoms with E-state index in [0.29, 0.717) is 31.5 Å². The lowest BCUT2D eigenvalue weighted by Crippen LogP contribution is -2.44. The van der Waals surface area contributed by atoms with Crippen LogP contribution in [0.5, 0.6) is 0 Å². The second-order valence-corrected chi connectivity index (χ2v) is 8.42. The number of hydrogen-bond acceptors (Lipinski definition) is 5. The number of anilines is 1. The molecule has 0 saturated carbocycles. The van der Waals surface area contributed by atoms with Crippen molar-refractivity contribution in [2.24, 2.45) is 7.05 Å². The number of hydrogen-bond donors (Lipinski definition) is 1. The molecule has 1 amide bonds. The van der Waals surface area contributed by atoms with E-state index in [-0.39, 0.29) is 11.7 Å². The predicted octanol–water partition coefficient (Wildman–Crippen LogP) is 1.42. The number of carbonyl (C=O) groups excluding carboxylic acids is 1. The third-order valence-corrected chi connectivity index (χ3v) is 6.53. The number of pyridine rings is 1. The van der Waals surface area contributed by atoms with Crippen molar-refractivity contribution in [3.63, 3.8) is 0 Å². The van der Waals surface area contributed by atoms with Crippen molar-refractivity contribution in [2.45, 2.75) is 39.2 Å². The Morgan fingerprint density at radius 3 is 2.92 bits per heavy atom. The Balaban J connectivity index is 1.81. The molecule has 2 aromatic heterocycles. The number of nitrogens with one attached hydrogen (secondary N) is 1. The fourth-order valence-electron chi connectivity index (χ4n) is 3.31. The van der Waals surface area contributed by atoms with Gasteiger partial charge >= 0.3 is 0 Å². The van der Waals surface area contributed by atoms with Gasteiger partial charge in [-0.2, -0.15) is 9.40 Å². The van der Waals surface area contributed by atoms with Crippen LogP contribution >= 0.6 is 0 Å². The van der Waals surface area contributed by atoms with Gasteiger partial charge in [0.1, 0.15) is 6.04 Å². The molecule has 0 radical (unpaired) electrons. The lowest BCUT2D eigenvalue weighted by atomic mass is 10.2. The molecule has 1 aliphatic rings. The summed E-state index contributed by atoms with van der Waals surface area (Å²) in [6.07, 6.45) is 3.34. The number of nitrogens with zero attached hydrogens (tertiary/aromatic N) is 4. The summed E-state index contributed by atoms with van der Waals surface area (Å²) in [5.41, 5.74) is 2.12. The first-order chi connectivity index (χ1) is 11.8. The average molecular weight is 365 g/mol. The van der Waals surface area contributed by atoms with Crippen LogP contribution in [-0.4, -0.2) is 51.7 Å². The van der Waals surface area contributed by atoms with Crippen molar-refractivity contribution < 1.29 is 13.2 Å². The molecule has 1 atom stereocenters. The van der Waals surface area contributed by atoms with Gasteiger partial charge in [-0.3, -0.25) is 9.48 Å². The quantitative estimate of drug-likeness (QED) is 0.864. The Kier molecular flexibility index (Phi) is 4.79. The zero-order chi connectivity index (χ0) is 18.2. The van der Waals surface area contributed by atoms with Crippen molar-refractivity contribution in [1.82, 2.24) is 19.1 Å². The molecule has 0 bridgehead atoms. The topological polar surface area (TPSA) is 97.2 Å². The molecule has 0 aromatic carbocycles. The monoisotopic (exact) mass is 365 g/mol. The average Bonchev–Trinajstić information content (AvgIpc) is 3.14. The van der Waals surface area contributed by atoms with Crippen molar-refractivity contribution in [3.8, 4) is 0 Å². The largest absolute Gasteiger partial charge is 0.323 e. The van der Waals surface area contributed by atoms with Crippen LogP contribution < -0.4 is 5.32 Å². The molecule has 136 valence electrons. The van der Waals surface area contributed by atoms with E-state index in [4.69, 9.17) is 0 Å². The SMILES string of the molecule is CCCS(=O)(=O)N1CCCC1C(=O)Nc1cnc2c(c1)c(C)nn2C. The van der Waals surface area contributed by atoms with E-state index in [1.54, 1.807) is 10.9 Å². The molecule has 9 heteroatoms. The maximum Gasteiger partial charge on any atom is 0.242 e. The second-order valence-electron chi connectivity index (χ2n) is 6.38. The maximum absolute atomic E-state index is 12.6. The number of aromatic nitrogens is 3. The van der Waals surface area contributed by atoms with E-state index < -0.39 is 16.1 Å². The highest BCUT2D eigenvalue weighted by Crippen LogP contribution is 2.24. The third-order valence-electron chi connectivity index (χ3n) is 4.46. The van der Waals surface area contributed by atoms with Crippen LogP contribution in [-0.2, 0) is 21.9 Å². The van der Waals surface area contributed by atoms with Gasteiger partial charge in [0.25, 0.3) is 0 Å². The summed E-state index contributed by atoms with van der Waals surface area (Å²) in [5, 5.41) is 7.98. The molecule has 3 rings (SSSR count). The van der Waals surface area contributed by atoms with E-state index in [1.165, 1.54) is 4.31 Å². The van der Waals surface area contributed by atoms with Crippen LogP contribution in [0, 0.1) is 6.92 Å². The van der Waals surface area contributed by atoms with Gasteiger partial charge in [-0.25, -0.2) is 13.4 Å². The number of fused-ring (bicyclic) bond motifs is 1. The Morgan fingerprint density at radius 2 is 2.20 bits per heavy atom. The first-order valence-corrected chi connectivity index (χ1v) is 10.0. The number of amides is 1. The van der Waals surface area contributed by atoms with Gasteiger partial charge in [-0.1, -0.05) is 6.92 Å². The van der Waals surface area contributed by atoms with Gasteiger partial charge < -0.3 is 5.32 Å². The highest BCUT2D eigenvalue weighted by Gasteiger charge is 2.38. The molecule has 25 heavy (non-hydrogen) atoms. The summed E-state index contributed by atoms with van der Waals surface area (Å²) < 4.78 is 27.7. The molecule has 1 unspecified atom stereocenters. The fraction of sp³-hybridized carbons (Fsp3) is 0.562. The highest BCUT2D eigenvalue weighted by molar-refractivity contribution is 7.89. The summed E-state index contributed by atoms with van der Waals surface area (Å²) in [7, 11) is -1.58. The Hall–Kier alpha value is -2.00. The molecular weight excluding hydrogens is 342 g/mol. The molecule has 1 saturated heterocycles. The zero-order valence-electron chi connectivity index (χ0n) is 14.7. The smallest absolute Gasteiger partial charge is 0.242 e. The zero-order valence-corrected chi connectivity index (χ0v) is 15.5. The fourth-order valence-corrected chi connectivity index (χ4v) is 5.06.